The van der Waals surface area contributed by atoms with E-state index in [1.165, 1.54) is 0 Å². The molecule has 1 heterocycles. The molecule has 2 nitrogen and oxygen atoms in total. The Morgan fingerprint density at radius 3 is 2.77 bits per heavy atom. The van der Waals surface area contributed by atoms with Crippen LogP contribution in [0.15, 0.2) is 28.9 Å². The molecule has 1 aromatic carbocycles. The highest BCUT2D eigenvalue weighted by Gasteiger charge is 2.08. The Bertz CT molecular complexity index is 427. The van der Waals surface area contributed by atoms with E-state index in [1.807, 2.05) is 26.0 Å². The van der Waals surface area contributed by atoms with Crippen molar-refractivity contribution in [2.75, 3.05) is 0 Å². The van der Waals surface area contributed by atoms with Crippen LogP contribution < -0.4 is 0 Å². The topological polar surface area (TPSA) is 33.4 Å². The number of fused-ring (bicyclic) bond motifs is 1. The van der Waals surface area contributed by atoms with Crippen LogP contribution in [0.3, 0.4) is 0 Å². The third-order valence-corrected chi connectivity index (χ3v) is 2.22. The summed E-state index contributed by atoms with van der Waals surface area (Å²) in [6, 6.07) is 5.49. The average molecular weight is 176 g/mol. The molecule has 0 spiro atoms. The Hall–Kier alpha value is -1.44. The molecule has 0 fully saturated rings. The predicted octanol–water partition coefficient (Wildman–Crippen LogP) is 3.26. The van der Waals surface area contributed by atoms with Gasteiger partial charge in [-0.1, -0.05) is 13.8 Å². The van der Waals surface area contributed by atoms with Gasteiger partial charge in [0.15, 0.2) is 0 Å². The molecule has 2 rings (SSSR count). The molecule has 1 aromatic heterocycles. The fourth-order valence-corrected chi connectivity index (χ4v) is 1.48. The molecule has 0 saturated carbocycles. The molecule has 0 atom stereocenters. The molecule has 0 bridgehead atoms. The minimum Gasteiger partial charge on any atom is -0.508 e. The summed E-state index contributed by atoms with van der Waals surface area (Å²) < 4.78 is 5.25. The second-order valence-electron chi connectivity index (χ2n) is 3.52. The van der Waals surface area contributed by atoms with Gasteiger partial charge in [0, 0.05) is 10.9 Å². The highest BCUT2D eigenvalue weighted by molar-refractivity contribution is 5.80. The van der Waals surface area contributed by atoms with Crippen LogP contribution in [0.25, 0.3) is 11.0 Å². The van der Waals surface area contributed by atoms with Crippen LogP contribution >= 0.6 is 0 Å². The van der Waals surface area contributed by atoms with E-state index in [-0.39, 0.29) is 0 Å². The summed E-state index contributed by atoms with van der Waals surface area (Å²) in [5.74, 6) is 0.665. The first-order valence-corrected chi connectivity index (χ1v) is 4.38. The lowest BCUT2D eigenvalue weighted by Crippen LogP contribution is -1.87. The number of furan rings is 1. The van der Waals surface area contributed by atoms with Crippen molar-refractivity contribution in [1.29, 1.82) is 0 Å². The second kappa shape index (κ2) is 2.80. The largest absolute Gasteiger partial charge is 0.508 e. The number of phenolic OH excluding ortho intramolecular Hbond substituents is 1. The molecule has 0 aliphatic carbocycles. The number of aromatic hydroxyl groups is 1. The van der Waals surface area contributed by atoms with Crippen molar-refractivity contribution in [3.05, 3.63) is 30.0 Å². The van der Waals surface area contributed by atoms with Gasteiger partial charge in [0.1, 0.15) is 11.3 Å². The van der Waals surface area contributed by atoms with E-state index in [2.05, 4.69) is 0 Å². The number of rotatable bonds is 1. The second-order valence-corrected chi connectivity index (χ2v) is 3.52. The molecule has 0 amide bonds. The fraction of sp³-hybridized carbons (Fsp3) is 0.273. The SMILES string of the molecule is CC(C)c1cc2occc2cc1O. The van der Waals surface area contributed by atoms with E-state index >= 15 is 0 Å². The van der Waals surface area contributed by atoms with Crippen LogP contribution in [-0.4, -0.2) is 5.11 Å². The van der Waals surface area contributed by atoms with Crippen molar-refractivity contribution in [2.45, 2.75) is 19.8 Å². The zero-order chi connectivity index (χ0) is 9.42. The molecule has 2 heteroatoms. The summed E-state index contributed by atoms with van der Waals surface area (Å²) in [5.41, 5.74) is 1.77. The standard InChI is InChI=1S/C11H12O2/c1-7(2)9-6-11-8(3-4-13-11)5-10(9)12/h3-7,12H,1-2H3. The zero-order valence-electron chi connectivity index (χ0n) is 7.74. The van der Waals surface area contributed by atoms with Crippen LogP contribution in [0.4, 0.5) is 0 Å². The van der Waals surface area contributed by atoms with Crippen molar-refractivity contribution in [2.24, 2.45) is 0 Å². The number of hydrogen-bond donors (Lipinski definition) is 1. The smallest absolute Gasteiger partial charge is 0.134 e. The van der Waals surface area contributed by atoms with Crippen molar-refractivity contribution in [1.82, 2.24) is 0 Å². The van der Waals surface area contributed by atoms with E-state index in [4.69, 9.17) is 4.42 Å². The van der Waals surface area contributed by atoms with Gasteiger partial charge in [-0.2, -0.15) is 0 Å². The highest BCUT2D eigenvalue weighted by Crippen LogP contribution is 2.30. The van der Waals surface area contributed by atoms with Gasteiger partial charge >= 0.3 is 0 Å². The average Bonchev–Trinajstić information content (AvgIpc) is 2.48. The highest BCUT2D eigenvalue weighted by atomic mass is 16.3. The Balaban J connectivity index is 2.69. The molecule has 1 N–H and O–H groups in total. The van der Waals surface area contributed by atoms with Gasteiger partial charge in [0.2, 0.25) is 0 Å². The maximum atomic E-state index is 9.66. The van der Waals surface area contributed by atoms with Crippen LogP contribution in [0, 0.1) is 0 Å². The Kier molecular flexibility index (Phi) is 1.76. The monoisotopic (exact) mass is 176 g/mol. The van der Waals surface area contributed by atoms with Crippen LogP contribution in [-0.2, 0) is 0 Å². The zero-order valence-corrected chi connectivity index (χ0v) is 7.74. The number of benzene rings is 1. The van der Waals surface area contributed by atoms with E-state index in [0.29, 0.717) is 11.7 Å². The van der Waals surface area contributed by atoms with Crippen LogP contribution in [0.5, 0.6) is 5.75 Å². The summed E-state index contributed by atoms with van der Waals surface area (Å²) in [7, 11) is 0. The number of hydrogen-bond acceptors (Lipinski definition) is 2. The maximum Gasteiger partial charge on any atom is 0.134 e. The van der Waals surface area contributed by atoms with Crippen molar-refractivity contribution < 1.29 is 9.52 Å². The first-order valence-electron chi connectivity index (χ1n) is 4.38. The van der Waals surface area contributed by atoms with E-state index < -0.39 is 0 Å². The van der Waals surface area contributed by atoms with Gasteiger partial charge < -0.3 is 9.52 Å². The molecular formula is C11H12O2. The van der Waals surface area contributed by atoms with Gasteiger partial charge in [-0.15, -0.1) is 0 Å². The third kappa shape index (κ3) is 1.28. The van der Waals surface area contributed by atoms with Gasteiger partial charge in [-0.05, 0) is 24.1 Å². The van der Waals surface area contributed by atoms with E-state index in [1.54, 1.807) is 12.3 Å². The van der Waals surface area contributed by atoms with Crippen molar-refractivity contribution in [3.8, 4) is 5.75 Å². The van der Waals surface area contributed by atoms with Gasteiger partial charge in [0.25, 0.3) is 0 Å². The Morgan fingerprint density at radius 2 is 2.08 bits per heavy atom. The maximum absolute atomic E-state index is 9.66. The molecule has 0 aliphatic heterocycles. The molecule has 2 aromatic rings. The van der Waals surface area contributed by atoms with Crippen molar-refractivity contribution >= 4 is 11.0 Å². The summed E-state index contributed by atoms with van der Waals surface area (Å²) in [4.78, 5) is 0. The predicted molar refractivity (Wildman–Crippen MR) is 52.0 cm³/mol. The Labute approximate surface area is 76.8 Å². The minimum atomic E-state index is 0.314. The molecule has 0 radical (unpaired) electrons. The minimum absolute atomic E-state index is 0.314. The molecule has 68 valence electrons. The number of phenols is 1. The summed E-state index contributed by atoms with van der Waals surface area (Å²) >= 11 is 0. The summed E-state index contributed by atoms with van der Waals surface area (Å²) in [6.07, 6.45) is 1.63. The van der Waals surface area contributed by atoms with Gasteiger partial charge in [0.05, 0.1) is 6.26 Å². The van der Waals surface area contributed by atoms with E-state index in [0.717, 1.165) is 16.5 Å². The lowest BCUT2D eigenvalue weighted by atomic mass is 10.0. The summed E-state index contributed by atoms with van der Waals surface area (Å²) in [5, 5.41) is 10.6. The normalized spacial score (nSPS) is 11.3. The summed E-state index contributed by atoms with van der Waals surface area (Å²) in [6.45, 7) is 4.09. The van der Waals surface area contributed by atoms with Gasteiger partial charge in [-0.25, -0.2) is 0 Å². The van der Waals surface area contributed by atoms with E-state index in [9.17, 15) is 5.11 Å². The molecular weight excluding hydrogens is 164 g/mol. The first kappa shape index (κ1) is 8.17. The fourth-order valence-electron chi connectivity index (χ4n) is 1.48. The van der Waals surface area contributed by atoms with Crippen LogP contribution in [0.2, 0.25) is 0 Å². The Morgan fingerprint density at radius 1 is 1.31 bits per heavy atom. The van der Waals surface area contributed by atoms with Crippen molar-refractivity contribution in [3.63, 3.8) is 0 Å². The first-order chi connectivity index (χ1) is 6.18. The quantitative estimate of drug-likeness (QED) is 0.723. The third-order valence-electron chi connectivity index (χ3n) is 2.22. The van der Waals surface area contributed by atoms with Gasteiger partial charge in [-0.3, -0.25) is 0 Å². The molecule has 0 saturated heterocycles. The lowest BCUT2D eigenvalue weighted by molar-refractivity contribution is 0.465. The lowest BCUT2D eigenvalue weighted by Gasteiger charge is -2.07. The van der Waals surface area contributed by atoms with Crippen LogP contribution in [0.1, 0.15) is 25.3 Å². The molecule has 13 heavy (non-hydrogen) atoms. The molecule has 0 aliphatic rings. The molecule has 0 unspecified atom stereocenters.